The van der Waals surface area contributed by atoms with Crippen LogP contribution in [-0.2, 0) is 17.5 Å². The van der Waals surface area contributed by atoms with Gasteiger partial charge >= 0.3 is 0 Å². The number of halogens is 1. The fourth-order valence-corrected chi connectivity index (χ4v) is 13.5. The summed E-state index contributed by atoms with van der Waals surface area (Å²) in [6.45, 7) is 17.2. The van der Waals surface area contributed by atoms with Crippen LogP contribution in [0.25, 0.3) is 0 Å². The summed E-state index contributed by atoms with van der Waals surface area (Å²) >= 11 is 0. The van der Waals surface area contributed by atoms with E-state index in [-0.39, 0.29) is 5.82 Å². The van der Waals surface area contributed by atoms with Gasteiger partial charge in [-0.05, 0) is 102 Å². The lowest BCUT2D eigenvalue weighted by molar-refractivity contribution is 0.266. The predicted octanol–water partition coefficient (Wildman–Crippen LogP) is 9.99. The number of nitrogens with zero attached hydrogens (tertiary/aromatic N) is 1. The average molecular weight is 573 g/mol. The predicted molar refractivity (Wildman–Crippen MR) is 172 cm³/mol. The van der Waals surface area contributed by atoms with Crippen molar-refractivity contribution in [1.29, 1.82) is 0 Å². The van der Waals surface area contributed by atoms with E-state index in [9.17, 15) is 4.39 Å². The van der Waals surface area contributed by atoms with Crippen molar-refractivity contribution in [2.45, 2.75) is 104 Å². The van der Waals surface area contributed by atoms with Gasteiger partial charge in [0.15, 0.2) is 0 Å². The standard InChI is InChI=1S/C36H49FN2OSi/c1-24(2)41(25(3)4,26(5)6)40-23-29-13-11-28(12-14-29)15-16-30-9-8-10-31-21-35-34(27(7)36(30)31)22-38-39(35)33-19-17-32(37)18-20-33/h11-14,17-22,24-27,30,38H,8-10,15-16,23H2,1-7H3/t27-,30?/m0/s1. The molecule has 41 heavy (non-hydrogen) atoms. The summed E-state index contributed by atoms with van der Waals surface area (Å²) < 4.78 is 20.4. The fraction of sp³-hybridized carbons (Fsp3) is 0.500. The Bertz CT molecular complexity index is 1280. The highest BCUT2D eigenvalue weighted by Gasteiger charge is 2.45. The van der Waals surface area contributed by atoms with E-state index in [1.165, 1.54) is 59.4 Å². The molecule has 3 aliphatic rings. The van der Waals surface area contributed by atoms with Crippen molar-refractivity contribution < 1.29 is 8.82 Å². The fourth-order valence-electron chi connectivity index (χ4n) is 8.08. The lowest BCUT2D eigenvalue weighted by Crippen LogP contribution is -2.47. The van der Waals surface area contributed by atoms with E-state index in [0.717, 1.165) is 25.1 Å². The van der Waals surface area contributed by atoms with Gasteiger partial charge in [0.1, 0.15) is 5.82 Å². The van der Waals surface area contributed by atoms with Crippen LogP contribution in [0, 0.1) is 17.7 Å². The number of hydrogen-bond acceptors (Lipinski definition) is 3. The number of hydrazine groups is 1. The molecule has 1 heterocycles. The summed E-state index contributed by atoms with van der Waals surface area (Å²) in [5, 5.41) is 2.10. The molecular formula is C36H49FN2OSi. The Kier molecular flexibility index (Phi) is 8.96. The van der Waals surface area contributed by atoms with Crippen LogP contribution in [-0.4, -0.2) is 8.32 Å². The molecule has 2 aliphatic carbocycles. The number of rotatable bonds is 10. The highest BCUT2D eigenvalue weighted by atomic mass is 28.4. The van der Waals surface area contributed by atoms with Gasteiger partial charge in [0.25, 0.3) is 0 Å². The number of fused-ring (bicyclic) bond motifs is 1. The molecule has 0 bridgehead atoms. The van der Waals surface area contributed by atoms with Gasteiger partial charge in [-0.1, -0.05) is 78.3 Å². The summed E-state index contributed by atoms with van der Waals surface area (Å²) in [6, 6.07) is 16.0. The van der Waals surface area contributed by atoms with E-state index >= 15 is 0 Å². The number of hydrogen-bond donors (Lipinski definition) is 1. The molecular weight excluding hydrogens is 523 g/mol. The molecule has 0 radical (unpaired) electrons. The normalized spacial score (nSPS) is 20.8. The molecule has 0 spiro atoms. The van der Waals surface area contributed by atoms with Gasteiger partial charge in [0.2, 0.25) is 8.32 Å². The van der Waals surface area contributed by atoms with Crippen LogP contribution in [0.5, 0.6) is 0 Å². The van der Waals surface area contributed by atoms with Crippen LogP contribution in [0.1, 0.15) is 85.3 Å². The van der Waals surface area contributed by atoms with Crippen molar-refractivity contribution in [3.63, 3.8) is 0 Å². The second kappa shape index (κ2) is 12.3. The Morgan fingerprint density at radius 1 is 0.927 bits per heavy atom. The first kappa shape index (κ1) is 29.8. The second-order valence-electron chi connectivity index (χ2n) is 13.3. The van der Waals surface area contributed by atoms with Crippen LogP contribution in [0.4, 0.5) is 10.1 Å². The Morgan fingerprint density at radius 2 is 1.56 bits per heavy atom. The van der Waals surface area contributed by atoms with E-state index in [0.29, 0.717) is 28.5 Å². The Morgan fingerprint density at radius 3 is 2.20 bits per heavy atom. The largest absolute Gasteiger partial charge is 0.412 e. The number of allylic oxidation sites excluding steroid dienone is 4. The highest BCUT2D eigenvalue weighted by molar-refractivity contribution is 6.77. The van der Waals surface area contributed by atoms with Gasteiger partial charge in [0, 0.05) is 17.7 Å². The quantitative estimate of drug-likeness (QED) is 0.287. The van der Waals surface area contributed by atoms with Gasteiger partial charge in [-0.3, -0.25) is 5.01 Å². The van der Waals surface area contributed by atoms with Crippen molar-refractivity contribution in [3.8, 4) is 0 Å². The van der Waals surface area contributed by atoms with Crippen molar-refractivity contribution in [2.75, 3.05) is 5.01 Å². The van der Waals surface area contributed by atoms with Gasteiger partial charge in [-0.2, -0.15) is 0 Å². The molecule has 3 nitrogen and oxygen atoms in total. The Labute approximate surface area is 248 Å². The van der Waals surface area contributed by atoms with Gasteiger partial charge in [-0.25, -0.2) is 4.39 Å². The van der Waals surface area contributed by atoms with Gasteiger partial charge in [-0.15, -0.1) is 0 Å². The van der Waals surface area contributed by atoms with Crippen LogP contribution in [0.3, 0.4) is 0 Å². The molecule has 5 heteroatoms. The van der Waals surface area contributed by atoms with E-state index in [4.69, 9.17) is 4.43 Å². The summed E-state index contributed by atoms with van der Waals surface area (Å²) in [6.07, 6.45) is 10.5. The minimum atomic E-state index is -1.86. The van der Waals surface area contributed by atoms with Crippen LogP contribution in [0.2, 0.25) is 16.6 Å². The molecule has 1 aliphatic heterocycles. The number of aryl methyl sites for hydroxylation is 1. The lowest BCUT2D eigenvalue weighted by atomic mass is 9.70. The molecule has 1 unspecified atom stereocenters. The summed E-state index contributed by atoms with van der Waals surface area (Å²) in [5.41, 5.74) is 14.6. The highest BCUT2D eigenvalue weighted by Crippen LogP contribution is 2.47. The molecule has 0 amide bonds. The SMILES string of the molecule is CC(C)[Si](OCc1ccc(CCC2CCCC3=C2[C@@H](C)C2=CNN(c4ccc(F)cc4)C2=C3)cc1)(C(C)C)C(C)C. The van der Waals surface area contributed by atoms with Gasteiger partial charge < -0.3 is 9.85 Å². The summed E-state index contributed by atoms with van der Waals surface area (Å²) in [4.78, 5) is 0. The second-order valence-corrected chi connectivity index (χ2v) is 18.8. The summed E-state index contributed by atoms with van der Waals surface area (Å²) in [5.74, 6) is 0.799. The molecule has 2 aromatic rings. The summed E-state index contributed by atoms with van der Waals surface area (Å²) in [7, 11) is -1.86. The van der Waals surface area contributed by atoms with Crippen LogP contribution in [0.15, 0.2) is 83.2 Å². The number of benzene rings is 2. The van der Waals surface area contributed by atoms with E-state index in [2.05, 4.69) is 95.4 Å². The molecule has 2 atom stereocenters. The minimum Gasteiger partial charge on any atom is -0.412 e. The van der Waals surface area contributed by atoms with Crippen molar-refractivity contribution >= 4 is 14.0 Å². The van der Waals surface area contributed by atoms with E-state index in [1.807, 2.05) is 12.1 Å². The maximum atomic E-state index is 13.5. The lowest BCUT2D eigenvalue weighted by Gasteiger charge is -2.42. The van der Waals surface area contributed by atoms with Crippen LogP contribution < -0.4 is 10.4 Å². The third-order valence-corrected chi connectivity index (χ3v) is 16.1. The molecule has 0 saturated carbocycles. The number of anilines is 1. The molecule has 220 valence electrons. The molecule has 0 saturated heterocycles. The first-order chi connectivity index (χ1) is 19.6. The van der Waals surface area contributed by atoms with Crippen molar-refractivity contribution in [3.05, 3.63) is 100 Å². The smallest absolute Gasteiger partial charge is 0.200 e. The third-order valence-electron chi connectivity index (χ3n) is 10.0. The zero-order chi connectivity index (χ0) is 29.3. The first-order valence-corrected chi connectivity index (χ1v) is 17.9. The van der Waals surface area contributed by atoms with E-state index in [1.54, 1.807) is 5.57 Å². The zero-order valence-electron chi connectivity index (χ0n) is 26.1. The maximum Gasteiger partial charge on any atom is 0.200 e. The zero-order valence-corrected chi connectivity index (χ0v) is 27.1. The topological polar surface area (TPSA) is 24.5 Å². The van der Waals surface area contributed by atoms with E-state index < -0.39 is 8.32 Å². The van der Waals surface area contributed by atoms with Gasteiger partial charge in [0.05, 0.1) is 18.0 Å². The van der Waals surface area contributed by atoms with Crippen molar-refractivity contribution in [2.24, 2.45) is 11.8 Å². The Balaban J connectivity index is 1.25. The molecule has 0 aromatic heterocycles. The van der Waals surface area contributed by atoms with Crippen molar-refractivity contribution in [1.82, 2.24) is 5.43 Å². The molecule has 5 rings (SSSR count). The maximum absolute atomic E-state index is 13.5. The first-order valence-electron chi connectivity index (χ1n) is 15.8. The minimum absolute atomic E-state index is 0.206. The monoisotopic (exact) mass is 572 g/mol. The molecule has 0 fully saturated rings. The molecule has 2 aromatic carbocycles. The average Bonchev–Trinajstić information content (AvgIpc) is 3.37. The van der Waals surface area contributed by atoms with Crippen LogP contribution >= 0.6 is 0 Å². The number of nitrogens with one attached hydrogen (secondary N) is 1. The molecule has 1 N–H and O–H groups in total. The third kappa shape index (κ3) is 5.85. The Hall–Kier alpha value is -2.63.